The van der Waals surface area contributed by atoms with Gasteiger partial charge in [-0.25, -0.2) is 0 Å². The third kappa shape index (κ3) is 2.17. The Bertz CT molecular complexity index is 1120. The molecule has 5 aliphatic heterocycles. The number of ketones is 1. The first kappa shape index (κ1) is 22.6. The van der Waals surface area contributed by atoms with E-state index in [2.05, 4.69) is 27.4 Å². The Morgan fingerprint density at radius 1 is 1.17 bits per heavy atom. The van der Waals surface area contributed by atoms with Gasteiger partial charge in [0.1, 0.15) is 24.2 Å². The van der Waals surface area contributed by atoms with Crippen LogP contribution in [0.3, 0.4) is 0 Å². The average Bonchev–Trinajstić information content (AvgIpc) is 2.93. The van der Waals surface area contributed by atoms with Gasteiger partial charge in [0.2, 0.25) is 12.1 Å². The van der Waals surface area contributed by atoms with Gasteiger partial charge >= 0.3 is 5.79 Å². The van der Waals surface area contributed by atoms with E-state index in [1.807, 2.05) is 0 Å². The molecule has 1 N–H and O–H groups in total. The van der Waals surface area contributed by atoms with Crippen LogP contribution in [0.15, 0.2) is 23.5 Å². The molecule has 194 valence electrons. The second-order valence-electron chi connectivity index (χ2n) is 13.7. The van der Waals surface area contributed by atoms with Gasteiger partial charge in [0.25, 0.3) is 0 Å². The second-order valence-corrected chi connectivity index (χ2v) is 13.7. The van der Waals surface area contributed by atoms with Gasteiger partial charge in [-0.15, -0.1) is 0 Å². The summed E-state index contributed by atoms with van der Waals surface area (Å²) in [6, 6.07) is 0. The van der Waals surface area contributed by atoms with Crippen molar-refractivity contribution in [2.45, 2.75) is 89.4 Å². The minimum Gasteiger partial charge on any atom is -0.468 e. The van der Waals surface area contributed by atoms with Gasteiger partial charge in [0.05, 0.1) is 24.7 Å². The predicted molar refractivity (Wildman–Crippen MR) is 127 cm³/mol. The molecule has 0 aromatic rings. The van der Waals surface area contributed by atoms with E-state index >= 15 is 0 Å². The zero-order chi connectivity index (χ0) is 25.0. The van der Waals surface area contributed by atoms with E-state index in [9.17, 15) is 9.90 Å². The SMILES string of the molecule is C=C1C(=O)[C@@]23[C@@H]4OC([CH2+])(C)O[C@@]25OC[C@]2(C6=C(C[C@@H]7CCCO[C@@H]7O6)CC(C)(C)[C@H]2[C@@H]5O)[C@@H]3CC[C@@H]14. The van der Waals surface area contributed by atoms with Crippen molar-refractivity contribution in [2.24, 2.45) is 39.9 Å². The van der Waals surface area contributed by atoms with Crippen molar-refractivity contribution >= 4 is 5.78 Å². The standard InChI is InChI=1S/C29H37O7/c1-14-17-8-9-18-27-13-33-29(28(18,20(14)30)23(17)35-26(4,5)36-29)21(31)19(27)25(2,3)12-16-11-15-7-6-10-32-24(15)34-22(16)27/h15,17-19,21,23-24,31H,1,4,6-13H2,2-3,5H3/q+1/t15-,17-,18-,19+,21-,23+,24+,26?,27-,28-,29+/m0/s1. The molecule has 9 rings (SSSR count). The molecule has 7 fully saturated rings. The summed E-state index contributed by atoms with van der Waals surface area (Å²) in [7, 11) is 0. The number of hydrogen-bond donors (Lipinski definition) is 1. The Morgan fingerprint density at radius 2 is 1.97 bits per heavy atom. The fraction of sp³-hybridized carbons (Fsp3) is 0.793. The number of ether oxygens (including phenoxy) is 5. The largest absolute Gasteiger partial charge is 0.468 e. The van der Waals surface area contributed by atoms with Crippen LogP contribution in [0.2, 0.25) is 0 Å². The number of hydrogen-bond acceptors (Lipinski definition) is 7. The van der Waals surface area contributed by atoms with Crippen molar-refractivity contribution in [1.29, 1.82) is 0 Å². The topological polar surface area (TPSA) is 83.5 Å². The van der Waals surface area contributed by atoms with Gasteiger partial charge in [0, 0.05) is 24.7 Å². The monoisotopic (exact) mass is 497 g/mol. The summed E-state index contributed by atoms with van der Waals surface area (Å²) in [6.45, 7) is 15.7. The fourth-order valence-corrected chi connectivity index (χ4v) is 10.6. The highest BCUT2D eigenvalue weighted by Gasteiger charge is 2.91. The normalized spacial score (nSPS) is 57.9. The minimum atomic E-state index is -1.52. The number of allylic oxidation sites excluding steroid dienone is 1. The minimum absolute atomic E-state index is 0.0693. The highest BCUT2D eigenvalue weighted by molar-refractivity contribution is 6.05. The van der Waals surface area contributed by atoms with Crippen LogP contribution in [0.5, 0.6) is 0 Å². The fourth-order valence-electron chi connectivity index (χ4n) is 10.6. The van der Waals surface area contributed by atoms with E-state index in [0.717, 1.165) is 44.3 Å². The maximum absolute atomic E-state index is 14.4. The smallest absolute Gasteiger partial charge is 0.314 e. The van der Waals surface area contributed by atoms with Gasteiger partial charge in [-0.1, -0.05) is 20.4 Å². The first-order valence-corrected chi connectivity index (χ1v) is 13.8. The van der Waals surface area contributed by atoms with Gasteiger partial charge in [-0.2, -0.15) is 0 Å². The number of aliphatic hydroxyl groups is 1. The van der Waals surface area contributed by atoms with Crippen molar-refractivity contribution in [3.05, 3.63) is 30.4 Å². The molecule has 7 nitrogen and oxygen atoms in total. The summed E-state index contributed by atoms with van der Waals surface area (Å²) in [6.07, 6.45) is 3.75. The van der Waals surface area contributed by atoms with Gasteiger partial charge in [0.15, 0.2) is 5.78 Å². The Kier molecular flexibility index (Phi) is 4.03. The first-order chi connectivity index (χ1) is 17.0. The van der Waals surface area contributed by atoms with Crippen molar-refractivity contribution in [2.75, 3.05) is 13.2 Å². The van der Waals surface area contributed by atoms with Crippen LogP contribution in [-0.4, -0.2) is 54.2 Å². The van der Waals surface area contributed by atoms with Crippen LogP contribution < -0.4 is 0 Å². The highest BCUT2D eigenvalue weighted by atomic mass is 16.8. The van der Waals surface area contributed by atoms with Crippen molar-refractivity contribution < 1.29 is 33.6 Å². The maximum atomic E-state index is 14.4. The summed E-state index contributed by atoms with van der Waals surface area (Å²) in [4.78, 5) is 14.4. The van der Waals surface area contributed by atoms with Crippen molar-refractivity contribution in [3.63, 3.8) is 0 Å². The quantitative estimate of drug-likeness (QED) is 0.404. The Balaban J connectivity index is 1.40. The van der Waals surface area contributed by atoms with Crippen LogP contribution in [0.1, 0.15) is 59.3 Å². The van der Waals surface area contributed by atoms with Crippen LogP contribution in [-0.2, 0) is 28.5 Å². The zero-order valence-corrected chi connectivity index (χ0v) is 21.5. The molecule has 0 amide bonds. The van der Waals surface area contributed by atoms with Crippen molar-refractivity contribution in [1.82, 2.24) is 0 Å². The number of carbonyl (C=O) groups excluding carboxylic acids is 1. The highest BCUT2D eigenvalue weighted by Crippen LogP contribution is 2.80. The lowest BCUT2D eigenvalue weighted by Gasteiger charge is -2.76. The van der Waals surface area contributed by atoms with E-state index in [4.69, 9.17) is 23.7 Å². The Morgan fingerprint density at radius 3 is 2.78 bits per heavy atom. The predicted octanol–water partition coefficient (Wildman–Crippen LogP) is 3.66. The van der Waals surface area contributed by atoms with Gasteiger partial charge in [-0.05, 0) is 61.0 Å². The number of aliphatic hydroxyl groups excluding tert-OH is 1. The number of rotatable bonds is 0. The third-order valence-electron chi connectivity index (χ3n) is 11.4. The van der Waals surface area contributed by atoms with Crippen LogP contribution in [0.25, 0.3) is 0 Å². The molecule has 0 aromatic carbocycles. The first-order valence-electron chi connectivity index (χ1n) is 13.8. The molecule has 0 radical (unpaired) electrons. The van der Waals surface area contributed by atoms with E-state index in [1.54, 1.807) is 6.92 Å². The molecule has 4 aliphatic carbocycles. The number of fused-ring (bicyclic) bond motifs is 2. The molecule has 9 aliphatic rings. The van der Waals surface area contributed by atoms with Crippen LogP contribution >= 0.6 is 0 Å². The summed E-state index contributed by atoms with van der Waals surface area (Å²) in [5, 5.41) is 12.4. The van der Waals surface area contributed by atoms with E-state index < -0.39 is 34.6 Å². The molecule has 3 saturated carbocycles. The molecule has 0 aromatic heterocycles. The van der Waals surface area contributed by atoms with Crippen molar-refractivity contribution in [3.8, 4) is 0 Å². The second kappa shape index (κ2) is 6.42. The summed E-state index contributed by atoms with van der Waals surface area (Å²) < 4.78 is 32.7. The molecular weight excluding hydrogens is 460 g/mol. The van der Waals surface area contributed by atoms with E-state index in [-0.39, 0.29) is 35.2 Å². The lowest BCUT2D eigenvalue weighted by molar-refractivity contribution is -0.523. The maximum Gasteiger partial charge on any atom is 0.314 e. The molecule has 7 heteroatoms. The molecule has 1 unspecified atom stereocenters. The lowest BCUT2D eigenvalue weighted by Crippen LogP contribution is -2.87. The van der Waals surface area contributed by atoms with E-state index in [0.29, 0.717) is 24.7 Å². The molecule has 3 spiro atoms. The molecule has 36 heavy (non-hydrogen) atoms. The molecule has 5 heterocycles. The summed E-state index contributed by atoms with van der Waals surface area (Å²) in [5.74, 6) is -2.04. The molecule has 11 atom stereocenters. The summed E-state index contributed by atoms with van der Waals surface area (Å²) in [5.41, 5.74) is -0.185. The van der Waals surface area contributed by atoms with Crippen LogP contribution in [0.4, 0.5) is 0 Å². The lowest BCUT2D eigenvalue weighted by atomic mass is 9.36. The number of carbonyl (C=O) groups is 1. The van der Waals surface area contributed by atoms with Gasteiger partial charge < -0.3 is 24.1 Å². The van der Waals surface area contributed by atoms with E-state index in [1.165, 1.54) is 5.57 Å². The average molecular weight is 498 g/mol. The van der Waals surface area contributed by atoms with Crippen LogP contribution in [0, 0.1) is 46.8 Å². The molecule has 4 bridgehead atoms. The Hall–Kier alpha value is -1.38. The Labute approximate surface area is 212 Å². The molecular formula is C29H37O7+. The third-order valence-corrected chi connectivity index (χ3v) is 11.4. The number of Topliss-reactive ketones (excluding diaryl/α,β-unsaturated/α-hetero) is 1. The zero-order valence-electron chi connectivity index (χ0n) is 21.5. The summed E-state index contributed by atoms with van der Waals surface area (Å²) >= 11 is 0. The van der Waals surface area contributed by atoms with Gasteiger partial charge in [-0.3, -0.25) is 9.53 Å². The molecule has 4 saturated heterocycles.